The largest absolute Gasteiger partial charge is 0.368 e. The first-order valence-electron chi connectivity index (χ1n) is 12.3. The molecule has 4 aromatic rings. The van der Waals surface area contributed by atoms with Crippen molar-refractivity contribution in [3.63, 3.8) is 0 Å². The first-order chi connectivity index (χ1) is 18.4. The molecule has 0 aliphatic carbocycles. The topological polar surface area (TPSA) is 58.6 Å². The molecule has 1 N–H and O–H groups in total. The average Bonchev–Trinajstić information content (AvgIpc) is 2.89. The van der Waals surface area contributed by atoms with E-state index in [4.69, 9.17) is 28.0 Å². The standard InChI is InChI=1S/C31H28Cl2N2O3/c1-22(36)38-35(21-25-17-29(32)19-30(33)18-25)20-24-9-13-28(14-10-24)31(37)34-16-15-23-7-11-27(12-8-23)26-5-3-2-4-6-26/h2-14,17-19H,15-16,20-21H2,1H3,(H,34,37). The zero-order chi connectivity index (χ0) is 26.9. The zero-order valence-corrected chi connectivity index (χ0v) is 22.5. The van der Waals surface area contributed by atoms with Crippen LogP contribution in [0.25, 0.3) is 11.1 Å². The fraction of sp³-hybridized carbons (Fsp3) is 0.161. The number of hydrogen-bond acceptors (Lipinski definition) is 4. The predicted octanol–water partition coefficient (Wildman–Crippen LogP) is 7.11. The Morgan fingerprint density at radius 2 is 1.32 bits per heavy atom. The molecule has 5 nitrogen and oxygen atoms in total. The molecule has 38 heavy (non-hydrogen) atoms. The summed E-state index contributed by atoms with van der Waals surface area (Å²) < 4.78 is 0. The molecule has 194 valence electrons. The Bertz CT molecular complexity index is 1350. The second-order valence-corrected chi connectivity index (χ2v) is 9.80. The molecule has 0 atom stereocenters. The van der Waals surface area contributed by atoms with Gasteiger partial charge in [-0.05, 0) is 64.6 Å². The van der Waals surface area contributed by atoms with Gasteiger partial charge in [0.15, 0.2) is 0 Å². The zero-order valence-electron chi connectivity index (χ0n) is 21.0. The first kappa shape index (κ1) is 27.4. The van der Waals surface area contributed by atoms with Crippen LogP contribution in [0, 0.1) is 0 Å². The molecule has 0 radical (unpaired) electrons. The third kappa shape index (κ3) is 8.18. The van der Waals surface area contributed by atoms with E-state index in [0.717, 1.165) is 23.1 Å². The Labute approximate surface area is 232 Å². The molecule has 0 heterocycles. The fourth-order valence-corrected chi connectivity index (χ4v) is 4.66. The van der Waals surface area contributed by atoms with Crippen LogP contribution in [0.4, 0.5) is 0 Å². The van der Waals surface area contributed by atoms with Gasteiger partial charge in [-0.2, -0.15) is 0 Å². The van der Waals surface area contributed by atoms with Gasteiger partial charge in [0.1, 0.15) is 0 Å². The molecule has 0 aromatic heterocycles. The smallest absolute Gasteiger partial charge is 0.322 e. The normalized spacial score (nSPS) is 10.8. The van der Waals surface area contributed by atoms with E-state index < -0.39 is 5.97 Å². The van der Waals surface area contributed by atoms with Gasteiger partial charge in [0.25, 0.3) is 5.91 Å². The summed E-state index contributed by atoms with van der Waals surface area (Å²) in [5.41, 5.74) is 5.77. The Morgan fingerprint density at radius 1 is 0.737 bits per heavy atom. The summed E-state index contributed by atoms with van der Waals surface area (Å²) in [5.74, 6) is -0.563. The molecule has 0 unspecified atom stereocenters. The van der Waals surface area contributed by atoms with E-state index in [0.29, 0.717) is 35.2 Å². The lowest BCUT2D eigenvalue weighted by Crippen LogP contribution is -2.26. The van der Waals surface area contributed by atoms with Crippen LogP contribution in [0.5, 0.6) is 0 Å². The van der Waals surface area contributed by atoms with Crippen LogP contribution in [0.3, 0.4) is 0 Å². The van der Waals surface area contributed by atoms with E-state index in [-0.39, 0.29) is 5.91 Å². The van der Waals surface area contributed by atoms with Gasteiger partial charge < -0.3 is 10.2 Å². The lowest BCUT2D eigenvalue weighted by molar-refractivity contribution is -0.194. The molecule has 1 amide bonds. The van der Waals surface area contributed by atoms with Crippen LogP contribution >= 0.6 is 23.2 Å². The maximum absolute atomic E-state index is 12.6. The number of hydrogen-bond donors (Lipinski definition) is 1. The van der Waals surface area contributed by atoms with Gasteiger partial charge in [0.05, 0.1) is 13.1 Å². The van der Waals surface area contributed by atoms with Crippen molar-refractivity contribution in [1.29, 1.82) is 0 Å². The van der Waals surface area contributed by atoms with Crippen molar-refractivity contribution < 1.29 is 14.4 Å². The average molecular weight is 547 g/mol. The monoisotopic (exact) mass is 546 g/mol. The van der Waals surface area contributed by atoms with Crippen molar-refractivity contribution in [2.24, 2.45) is 0 Å². The van der Waals surface area contributed by atoms with Crippen LogP contribution in [0.15, 0.2) is 97.1 Å². The number of carbonyl (C=O) groups is 2. The highest BCUT2D eigenvalue weighted by molar-refractivity contribution is 6.34. The number of halogens is 2. The summed E-state index contributed by atoms with van der Waals surface area (Å²) in [6.07, 6.45) is 0.740. The van der Waals surface area contributed by atoms with E-state index in [9.17, 15) is 9.59 Å². The van der Waals surface area contributed by atoms with Crippen molar-refractivity contribution in [3.05, 3.63) is 129 Å². The molecule has 0 aliphatic rings. The number of carbonyl (C=O) groups excluding carboxylic acids is 2. The van der Waals surface area contributed by atoms with E-state index in [1.165, 1.54) is 23.1 Å². The maximum Gasteiger partial charge on any atom is 0.322 e. The van der Waals surface area contributed by atoms with Gasteiger partial charge in [0, 0.05) is 29.1 Å². The Hall–Kier alpha value is -3.64. The van der Waals surface area contributed by atoms with E-state index in [2.05, 4.69) is 41.7 Å². The van der Waals surface area contributed by atoms with Crippen molar-refractivity contribution in [3.8, 4) is 11.1 Å². The molecular weight excluding hydrogens is 519 g/mol. The van der Waals surface area contributed by atoms with Crippen molar-refractivity contribution in [2.75, 3.05) is 6.54 Å². The predicted molar refractivity (Wildman–Crippen MR) is 152 cm³/mol. The Kier molecular flexibility index (Phi) is 9.55. The minimum Gasteiger partial charge on any atom is -0.368 e. The molecule has 0 bridgehead atoms. The van der Waals surface area contributed by atoms with Crippen LogP contribution < -0.4 is 5.32 Å². The highest BCUT2D eigenvalue weighted by Gasteiger charge is 2.13. The second kappa shape index (κ2) is 13.2. The number of benzene rings is 4. The molecule has 4 rings (SSSR count). The fourth-order valence-electron chi connectivity index (χ4n) is 4.09. The van der Waals surface area contributed by atoms with Crippen molar-refractivity contribution >= 4 is 35.1 Å². The minimum atomic E-state index is -0.427. The third-order valence-electron chi connectivity index (χ3n) is 5.87. The molecule has 0 fully saturated rings. The summed E-state index contributed by atoms with van der Waals surface area (Å²) in [5, 5.41) is 5.53. The van der Waals surface area contributed by atoms with Crippen LogP contribution in [-0.2, 0) is 29.1 Å². The first-order valence-corrected chi connectivity index (χ1v) is 13.0. The van der Waals surface area contributed by atoms with Crippen LogP contribution in [0.1, 0.15) is 34.0 Å². The lowest BCUT2D eigenvalue weighted by Gasteiger charge is -2.21. The van der Waals surface area contributed by atoms with Crippen molar-refractivity contribution in [2.45, 2.75) is 26.4 Å². The molecule has 0 saturated heterocycles. The van der Waals surface area contributed by atoms with Crippen molar-refractivity contribution in [1.82, 2.24) is 10.4 Å². The number of nitrogens with one attached hydrogen (secondary N) is 1. The highest BCUT2D eigenvalue weighted by Crippen LogP contribution is 2.22. The van der Waals surface area contributed by atoms with Gasteiger partial charge in [-0.25, -0.2) is 0 Å². The summed E-state index contributed by atoms with van der Waals surface area (Å²) in [6, 6.07) is 31.0. The maximum atomic E-state index is 12.6. The summed E-state index contributed by atoms with van der Waals surface area (Å²) in [4.78, 5) is 29.6. The number of amides is 1. The quantitative estimate of drug-likeness (QED) is 0.215. The molecule has 0 spiro atoms. The SMILES string of the molecule is CC(=O)ON(Cc1ccc(C(=O)NCCc2ccc(-c3ccccc3)cc2)cc1)Cc1cc(Cl)cc(Cl)c1. The van der Waals surface area contributed by atoms with Crippen LogP contribution in [0.2, 0.25) is 10.0 Å². The second-order valence-electron chi connectivity index (χ2n) is 8.92. The summed E-state index contributed by atoms with van der Waals surface area (Å²) in [7, 11) is 0. The molecular formula is C31H28Cl2N2O3. The van der Waals surface area contributed by atoms with Crippen LogP contribution in [-0.4, -0.2) is 23.5 Å². The van der Waals surface area contributed by atoms with Gasteiger partial charge in [-0.15, -0.1) is 5.06 Å². The molecule has 0 aliphatic heterocycles. The molecule has 7 heteroatoms. The van der Waals surface area contributed by atoms with E-state index in [1.54, 1.807) is 30.3 Å². The molecule has 0 saturated carbocycles. The van der Waals surface area contributed by atoms with Gasteiger partial charge in [-0.3, -0.25) is 9.59 Å². The number of nitrogens with zero attached hydrogens (tertiary/aromatic N) is 1. The van der Waals surface area contributed by atoms with Gasteiger partial charge >= 0.3 is 5.97 Å². The molecule has 4 aromatic carbocycles. The summed E-state index contributed by atoms with van der Waals surface area (Å²) in [6.45, 7) is 2.54. The third-order valence-corrected chi connectivity index (χ3v) is 6.31. The number of rotatable bonds is 10. The summed E-state index contributed by atoms with van der Waals surface area (Å²) >= 11 is 12.2. The van der Waals surface area contributed by atoms with Gasteiger partial charge in [0.2, 0.25) is 0 Å². The van der Waals surface area contributed by atoms with E-state index >= 15 is 0 Å². The minimum absolute atomic E-state index is 0.136. The number of hydroxylamine groups is 2. The highest BCUT2D eigenvalue weighted by atomic mass is 35.5. The van der Waals surface area contributed by atoms with Gasteiger partial charge in [-0.1, -0.05) is 89.9 Å². The lowest BCUT2D eigenvalue weighted by atomic mass is 10.0. The van der Waals surface area contributed by atoms with E-state index in [1.807, 2.05) is 30.3 Å². The Morgan fingerprint density at radius 3 is 1.95 bits per heavy atom. The Balaban J connectivity index is 1.29.